The van der Waals surface area contributed by atoms with Gasteiger partial charge in [0.05, 0.1) is 17.0 Å². The number of aromatic nitrogens is 3. The first-order valence-electron chi connectivity index (χ1n) is 7.11. The second-order valence-corrected chi connectivity index (χ2v) is 7.02. The Hall–Kier alpha value is -1.49. The maximum atomic E-state index is 9.31. The van der Waals surface area contributed by atoms with Crippen molar-refractivity contribution in [3.8, 4) is 6.07 Å². The average Bonchev–Trinajstić information content (AvgIpc) is 3.19. The van der Waals surface area contributed by atoms with Crippen molar-refractivity contribution in [1.82, 2.24) is 15.2 Å². The quantitative estimate of drug-likeness (QED) is 0.797. The zero-order valence-electron chi connectivity index (χ0n) is 12.5. The Bertz CT molecular complexity index is 717. The van der Waals surface area contributed by atoms with Crippen LogP contribution in [0.5, 0.6) is 0 Å². The van der Waals surface area contributed by atoms with E-state index >= 15 is 0 Å². The van der Waals surface area contributed by atoms with Gasteiger partial charge in [0.2, 0.25) is 0 Å². The number of hydrogen-bond acceptors (Lipinski definition) is 7. The van der Waals surface area contributed by atoms with Crippen LogP contribution in [-0.2, 0) is 10.5 Å². The molecule has 3 rings (SSSR count). The van der Waals surface area contributed by atoms with E-state index < -0.39 is 0 Å². The van der Waals surface area contributed by atoms with Gasteiger partial charge in [-0.1, -0.05) is 11.8 Å². The largest absolute Gasteiger partial charge is 0.371 e. The zero-order chi connectivity index (χ0) is 15.5. The van der Waals surface area contributed by atoms with Gasteiger partial charge in [-0.2, -0.15) is 10.4 Å². The molecule has 1 fully saturated rings. The Balaban J connectivity index is 1.70. The Morgan fingerprint density at radius 2 is 2.32 bits per heavy atom. The summed E-state index contributed by atoms with van der Waals surface area (Å²) in [6.07, 6.45) is 2.33. The summed E-state index contributed by atoms with van der Waals surface area (Å²) in [6, 6.07) is 2.23. The first kappa shape index (κ1) is 15.4. The third-order valence-corrected chi connectivity index (χ3v) is 5.65. The van der Waals surface area contributed by atoms with E-state index in [0.29, 0.717) is 16.3 Å². The molecule has 5 nitrogen and oxygen atoms in total. The van der Waals surface area contributed by atoms with Gasteiger partial charge in [-0.25, -0.2) is 4.98 Å². The normalized spacial score (nSPS) is 17.6. The van der Waals surface area contributed by atoms with Crippen molar-refractivity contribution >= 4 is 23.1 Å². The molecule has 2 aromatic rings. The average molecular weight is 332 g/mol. The van der Waals surface area contributed by atoms with Crippen molar-refractivity contribution < 1.29 is 4.74 Å². The zero-order valence-corrected chi connectivity index (χ0v) is 14.1. The lowest BCUT2D eigenvalue weighted by atomic mass is 10.1. The van der Waals surface area contributed by atoms with Crippen molar-refractivity contribution in [2.24, 2.45) is 0 Å². The van der Waals surface area contributed by atoms with Crippen LogP contribution in [0, 0.1) is 25.2 Å². The minimum absolute atomic E-state index is 0.167. The summed E-state index contributed by atoms with van der Waals surface area (Å²) >= 11 is 3.16. The maximum absolute atomic E-state index is 9.31. The molecule has 7 heteroatoms. The Morgan fingerprint density at radius 3 is 3.05 bits per heavy atom. The van der Waals surface area contributed by atoms with Crippen molar-refractivity contribution in [2.45, 2.75) is 43.6 Å². The van der Waals surface area contributed by atoms with Gasteiger partial charge in [-0.3, -0.25) is 0 Å². The minimum Gasteiger partial charge on any atom is -0.371 e. The van der Waals surface area contributed by atoms with Crippen molar-refractivity contribution in [3.63, 3.8) is 0 Å². The molecule has 1 saturated heterocycles. The molecule has 0 radical (unpaired) electrons. The van der Waals surface area contributed by atoms with Crippen LogP contribution in [0.3, 0.4) is 0 Å². The van der Waals surface area contributed by atoms with E-state index in [1.165, 1.54) is 11.8 Å². The molecule has 0 N–H and O–H groups in total. The molecule has 0 saturated carbocycles. The highest BCUT2D eigenvalue weighted by Crippen LogP contribution is 2.32. The lowest BCUT2D eigenvalue weighted by Gasteiger charge is -2.06. The van der Waals surface area contributed by atoms with Crippen molar-refractivity contribution in [1.29, 1.82) is 5.26 Å². The maximum Gasteiger partial charge on any atom is 0.137 e. The van der Waals surface area contributed by atoms with Crippen LogP contribution in [0.4, 0.5) is 0 Å². The van der Waals surface area contributed by atoms with Gasteiger partial charge < -0.3 is 4.74 Å². The molecule has 1 atom stereocenters. The summed E-state index contributed by atoms with van der Waals surface area (Å²) < 4.78 is 5.66. The molecule has 22 heavy (non-hydrogen) atoms. The third kappa shape index (κ3) is 3.14. The predicted molar refractivity (Wildman–Crippen MR) is 85.8 cm³/mol. The highest BCUT2D eigenvalue weighted by atomic mass is 32.2. The topological polar surface area (TPSA) is 71.7 Å². The fraction of sp³-hybridized carbons (Fsp3) is 0.467. The Morgan fingerprint density at radius 1 is 1.45 bits per heavy atom. The van der Waals surface area contributed by atoms with E-state index in [4.69, 9.17) is 4.74 Å². The van der Waals surface area contributed by atoms with Crippen LogP contribution in [0.15, 0.2) is 10.4 Å². The minimum atomic E-state index is 0.167. The van der Waals surface area contributed by atoms with Gasteiger partial charge in [-0.15, -0.1) is 16.4 Å². The molecule has 1 aliphatic rings. The number of thioether (sulfide) groups is 1. The van der Waals surface area contributed by atoms with Crippen LogP contribution in [0.25, 0.3) is 0 Å². The van der Waals surface area contributed by atoms with E-state index in [1.807, 2.05) is 13.8 Å². The molecule has 0 spiro atoms. The number of nitriles is 1. The molecule has 0 unspecified atom stereocenters. The molecule has 0 aliphatic carbocycles. The highest BCUT2D eigenvalue weighted by Gasteiger charge is 2.21. The monoisotopic (exact) mass is 332 g/mol. The van der Waals surface area contributed by atoms with Gasteiger partial charge in [0.1, 0.15) is 22.2 Å². The molecule has 0 amide bonds. The molecule has 114 valence electrons. The van der Waals surface area contributed by atoms with Gasteiger partial charge >= 0.3 is 0 Å². The molecular weight excluding hydrogens is 316 g/mol. The second kappa shape index (κ2) is 6.73. The fourth-order valence-electron chi connectivity index (χ4n) is 2.27. The van der Waals surface area contributed by atoms with Gasteiger partial charge in [-0.05, 0) is 32.3 Å². The van der Waals surface area contributed by atoms with Crippen molar-refractivity contribution in [2.75, 3.05) is 6.61 Å². The van der Waals surface area contributed by atoms with E-state index in [2.05, 4.69) is 26.6 Å². The lowest BCUT2D eigenvalue weighted by molar-refractivity contribution is 0.111. The lowest BCUT2D eigenvalue weighted by Crippen LogP contribution is -1.99. The van der Waals surface area contributed by atoms with Crippen LogP contribution < -0.4 is 0 Å². The number of aryl methyl sites for hydroxylation is 1. The first-order valence-corrected chi connectivity index (χ1v) is 8.98. The molecule has 0 bridgehead atoms. The summed E-state index contributed by atoms with van der Waals surface area (Å²) in [5.41, 5.74) is 3.32. The van der Waals surface area contributed by atoms with Gasteiger partial charge in [0.25, 0.3) is 0 Å². The van der Waals surface area contributed by atoms with E-state index in [1.54, 1.807) is 11.3 Å². The first-order chi connectivity index (χ1) is 10.7. The summed E-state index contributed by atoms with van der Waals surface area (Å²) in [7, 11) is 0. The van der Waals surface area contributed by atoms with Crippen molar-refractivity contribution in [3.05, 3.63) is 32.9 Å². The Kier molecular flexibility index (Phi) is 4.71. The Labute approximate surface area is 137 Å². The smallest absolute Gasteiger partial charge is 0.137 e. The molecule has 3 heterocycles. The second-order valence-electron chi connectivity index (χ2n) is 5.17. The summed E-state index contributed by atoms with van der Waals surface area (Å²) in [6.45, 7) is 4.61. The van der Waals surface area contributed by atoms with Gasteiger partial charge in [0, 0.05) is 17.7 Å². The standard InChI is InChI=1S/C15H16N4OS2/c1-9-10(2)18-19-14(12(9)6-16)21-7-11-8-22-15(17-11)13-4-3-5-20-13/h8,13H,3-5,7H2,1-2H3/t13-/m1/s1. The van der Waals surface area contributed by atoms with E-state index in [-0.39, 0.29) is 6.10 Å². The van der Waals surface area contributed by atoms with Crippen LogP contribution >= 0.6 is 23.1 Å². The van der Waals surface area contributed by atoms with Crippen LogP contribution in [0.2, 0.25) is 0 Å². The third-order valence-electron chi connectivity index (χ3n) is 3.67. The van der Waals surface area contributed by atoms with E-state index in [0.717, 1.165) is 41.4 Å². The molecule has 0 aromatic carbocycles. The fourth-order valence-corrected chi connectivity index (χ4v) is 4.15. The molecule has 2 aromatic heterocycles. The van der Waals surface area contributed by atoms with Crippen LogP contribution in [0.1, 0.15) is 46.5 Å². The summed E-state index contributed by atoms with van der Waals surface area (Å²) in [4.78, 5) is 4.64. The number of ether oxygens (including phenoxy) is 1. The summed E-state index contributed by atoms with van der Waals surface area (Å²) in [5.74, 6) is 0.690. The summed E-state index contributed by atoms with van der Waals surface area (Å²) in [5, 5.41) is 21.4. The van der Waals surface area contributed by atoms with Gasteiger partial charge in [0.15, 0.2) is 0 Å². The molecule has 1 aliphatic heterocycles. The molecular formula is C15H16N4OS2. The predicted octanol–water partition coefficient (Wildman–Crippen LogP) is 3.57. The highest BCUT2D eigenvalue weighted by molar-refractivity contribution is 7.98. The van der Waals surface area contributed by atoms with E-state index in [9.17, 15) is 5.26 Å². The SMILES string of the molecule is Cc1nnc(SCc2csc([C@H]3CCCO3)n2)c(C#N)c1C. The number of nitrogens with zero attached hydrogens (tertiary/aromatic N) is 4. The number of hydrogen-bond donors (Lipinski definition) is 0. The number of rotatable bonds is 4. The van der Waals surface area contributed by atoms with Crippen LogP contribution in [-0.4, -0.2) is 21.8 Å². The number of thiazole rings is 1.